The van der Waals surface area contributed by atoms with Crippen molar-refractivity contribution in [2.24, 2.45) is 0 Å². The van der Waals surface area contributed by atoms with Crippen LogP contribution in [0.3, 0.4) is 0 Å². The molecule has 1 fully saturated rings. The molecule has 1 atom stereocenters. The zero-order chi connectivity index (χ0) is 24.2. The standard InChI is InChI=1S/C25H19N3O6/c1-2-14-34-19-11-9-16(10-12-19)23(29)21-22(17-6-5-7-18(15-17)28(32)33)27(25(31)24(21)30)20-8-3-4-13-26-20/h2-13,15,22,29H,1,14H2. The van der Waals surface area contributed by atoms with Crippen LogP contribution < -0.4 is 9.64 Å². The molecule has 9 nitrogen and oxygen atoms in total. The number of aliphatic hydroxyl groups is 1. The van der Waals surface area contributed by atoms with Gasteiger partial charge in [-0.3, -0.25) is 24.6 Å². The van der Waals surface area contributed by atoms with Crippen LogP contribution in [0.5, 0.6) is 5.75 Å². The molecule has 1 aliphatic rings. The van der Waals surface area contributed by atoms with Gasteiger partial charge in [0.25, 0.3) is 11.5 Å². The van der Waals surface area contributed by atoms with Crippen molar-refractivity contribution in [3.63, 3.8) is 0 Å². The normalized spacial score (nSPS) is 16.9. The van der Waals surface area contributed by atoms with Crippen molar-refractivity contribution in [1.82, 2.24) is 4.98 Å². The summed E-state index contributed by atoms with van der Waals surface area (Å²) in [7, 11) is 0. The highest BCUT2D eigenvalue weighted by Gasteiger charge is 2.47. The number of ether oxygens (including phenoxy) is 1. The summed E-state index contributed by atoms with van der Waals surface area (Å²) >= 11 is 0. The van der Waals surface area contributed by atoms with Crippen LogP contribution in [0.2, 0.25) is 0 Å². The maximum Gasteiger partial charge on any atom is 0.301 e. The molecule has 0 aliphatic carbocycles. The molecule has 0 bridgehead atoms. The lowest BCUT2D eigenvalue weighted by molar-refractivity contribution is -0.384. The molecule has 1 aromatic heterocycles. The molecule has 0 spiro atoms. The van der Waals surface area contributed by atoms with Gasteiger partial charge in [0.2, 0.25) is 0 Å². The molecule has 34 heavy (non-hydrogen) atoms. The zero-order valence-corrected chi connectivity index (χ0v) is 17.8. The molecule has 1 amide bonds. The van der Waals surface area contributed by atoms with Crippen LogP contribution in [0.15, 0.2) is 91.2 Å². The number of pyridine rings is 1. The lowest BCUT2D eigenvalue weighted by Gasteiger charge is -2.24. The first-order valence-electron chi connectivity index (χ1n) is 10.2. The summed E-state index contributed by atoms with van der Waals surface area (Å²) in [5.41, 5.74) is 0.149. The number of nitro benzene ring substituents is 1. The van der Waals surface area contributed by atoms with Crippen molar-refractivity contribution in [3.8, 4) is 5.75 Å². The minimum Gasteiger partial charge on any atom is -0.507 e. The first-order chi connectivity index (χ1) is 16.4. The van der Waals surface area contributed by atoms with E-state index in [-0.39, 0.29) is 28.2 Å². The number of aromatic nitrogens is 1. The number of Topliss-reactive ketones (excluding diaryl/α,β-unsaturated/α-hetero) is 1. The zero-order valence-electron chi connectivity index (χ0n) is 17.8. The number of ketones is 1. The number of amides is 1. The Hall–Kier alpha value is -4.79. The van der Waals surface area contributed by atoms with Gasteiger partial charge < -0.3 is 9.84 Å². The summed E-state index contributed by atoms with van der Waals surface area (Å²) in [6.07, 6.45) is 3.05. The number of carbonyl (C=O) groups excluding carboxylic acids is 2. The van der Waals surface area contributed by atoms with Gasteiger partial charge >= 0.3 is 5.91 Å². The van der Waals surface area contributed by atoms with E-state index in [0.717, 1.165) is 4.90 Å². The summed E-state index contributed by atoms with van der Waals surface area (Å²) < 4.78 is 5.44. The molecule has 1 unspecified atom stereocenters. The number of carbonyl (C=O) groups is 2. The molecule has 0 radical (unpaired) electrons. The van der Waals surface area contributed by atoms with Gasteiger partial charge in [0.05, 0.1) is 16.5 Å². The molecule has 3 aromatic rings. The molecule has 170 valence electrons. The number of aliphatic hydroxyl groups excluding tert-OH is 1. The number of hydrogen-bond donors (Lipinski definition) is 1. The molecule has 4 rings (SSSR count). The number of hydrogen-bond acceptors (Lipinski definition) is 7. The molecule has 2 aromatic carbocycles. The van der Waals surface area contributed by atoms with Crippen molar-refractivity contribution in [2.75, 3.05) is 11.5 Å². The van der Waals surface area contributed by atoms with Gasteiger partial charge in [0.1, 0.15) is 23.9 Å². The number of non-ortho nitro benzene ring substituents is 1. The second-order valence-corrected chi connectivity index (χ2v) is 7.33. The van der Waals surface area contributed by atoms with Gasteiger partial charge in [0, 0.05) is 23.9 Å². The lowest BCUT2D eigenvalue weighted by Crippen LogP contribution is -2.30. The van der Waals surface area contributed by atoms with Crippen molar-refractivity contribution in [3.05, 3.63) is 112 Å². The topological polar surface area (TPSA) is 123 Å². The monoisotopic (exact) mass is 457 g/mol. The van der Waals surface area contributed by atoms with Gasteiger partial charge in [-0.1, -0.05) is 30.9 Å². The summed E-state index contributed by atoms with van der Waals surface area (Å²) in [5, 5.41) is 22.5. The highest BCUT2D eigenvalue weighted by molar-refractivity contribution is 6.51. The fourth-order valence-corrected chi connectivity index (χ4v) is 3.71. The highest BCUT2D eigenvalue weighted by Crippen LogP contribution is 2.42. The molecule has 0 saturated carbocycles. The number of nitro groups is 1. The largest absolute Gasteiger partial charge is 0.507 e. The fourth-order valence-electron chi connectivity index (χ4n) is 3.71. The predicted octanol–water partition coefficient (Wildman–Crippen LogP) is 4.18. The summed E-state index contributed by atoms with van der Waals surface area (Å²) in [6, 6.07) is 15.6. The summed E-state index contributed by atoms with van der Waals surface area (Å²) in [6.45, 7) is 3.88. The average Bonchev–Trinajstić information content (AvgIpc) is 3.13. The van der Waals surface area contributed by atoms with E-state index in [0.29, 0.717) is 12.4 Å². The average molecular weight is 457 g/mol. The van der Waals surface area contributed by atoms with Crippen molar-refractivity contribution in [2.45, 2.75) is 6.04 Å². The SMILES string of the molecule is C=CCOc1ccc(C(O)=C2C(=O)C(=O)N(c3ccccn3)C2c2cccc([N+](=O)[O-])c2)cc1. The molecular weight excluding hydrogens is 438 g/mol. The Morgan fingerprint density at radius 2 is 1.91 bits per heavy atom. The second kappa shape index (κ2) is 9.37. The van der Waals surface area contributed by atoms with E-state index in [4.69, 9.17) is 4.74 Å². The summed E-state index contributed by atoms with van der Waals surface area (Å²) in [4.78, 5) is 42.3. The Morgan fingerprint density at radius 1 is 1.15 bits per heavy atom. The van der Waals surface area contributed by atoms with Crippen LogP contribution in [0, 0.1) is 10.1 Å². The maximum absolute atomic E-state index is 13.1. The molecule has 1 saturated heterocycles. The van der Waals surface area contributed by atoms with Crippen molar-refractivity contribution < 1.29 is 24.4 Å². The van der Waals surface area contributed by atoms with E-state index in [1.165, 1.54) is 24.4 Å². The van der Waals surface area contributed by atoms with E-state index in [2.05, 4.69) is 11.6 Å². The van der Waals surface area contributed by atoms with Gasteiger partial charge in [-0.25, -0.2) is 4.98 Å². The fraction of sp³-hybridized carbons (Fsp3) is 0.0800. The molecule has 1 N–H and O–H groups in total. The van der Waals surface area contributed by atoms with Gasteiger partial charge in [-0.2, -0.15) is 0 Å². The number of rotatable bonds is 7. The third-order valence-corrected chi connectivity index (χ3v) is 5.23. The third kappa shape index (κ3) is 4.14. The Balaban J connectivity index is 1.88. The number of anilines is 1. The van der Waals surface area contributed by atoms with Crippen molar-refractivity contribution in [1.29, 1.82) is 0 Å². The molecular formula is C25H19N3O6. The Morgan fingerprint density at radius 3 is 2.56 bits per heavy atom. The Labute approximate surface area is 194 Å². The van der Waals surface area contributed by atoms with E-state index in [1.807, 2.05) is 0 Å². The first-order valence-corrected chi connectivity index (χ1v) is 10.2. The van der Waals surface area contributed by atoms with Crippen molar-refractivity contribution >= 4 is 29.0 Å². The molecule has 2 heterocycles. The van der Waals surface area contributed by atoms with Gasteiger partial charge in [-0.05, 0) is 42.0 Å². The smallest absolute Gasteiger partial charge is 0.301 e. The van der Waals surface area contributed by atoms with Crippen LogP contribution in [0.1, 0.15) is 17.2 Å². The van der Waals surface area contributed by atoms with E-state index in [9.17, 15) is 24.8 Å². The van der Waals surface area contributed by atoms with Crippen LogP contribution in [-0.4, -0.2) is 33.3 Å². The molecule has 1 aliphatic heterocycles. The van der Waals surface area contributed by atoms with Crippen LogP contribution in [0.25, 0.3) is 5.76 Å². The Bertz CT molecular complexity index is 1300. The molecule has 9 heteroatoms. The van der Waals surface area contributed by atoms with Gasteiger partial charge in [-0.15, -0.1) is 0 Å². The number of nitrogens with zero attached hydrogens (tertiary/aromatic N) is 3. The quantitative estimate of drug-likeness (QED) is 0.141. The number of benzene rings is 2. The third-order valence-electron chi connectivity index (χ3n) is 5.23. The van der Waals surface area contributed by atoms with Crippen LogP contribution in [-0.2, 0) is 9.59 Å². The summed E-state index contributed by atoms with van der Waals surface area (Å²) in [5.74, 6) is -1.54. The predicted molar refractivity (Wildman–Crippen MR) is 124 cm³/mol. The first kappa shape index (κ1) is 22.4. The maximum atomic E-state index is 13.1. The Kier molecular flexibility index (Phi) is 6.18. The van der Waals surface area contributed by atoms with E-state index in [1.54, 1.807) is 54.6 Å². The van der Waals surface area contributed by atoms with E-state index >= 15 is 0 Å². The van der Waals surface area contributed by atoms with Gasteiger partial charge in [0.15, 0.2) is 0 Å². The lowest BCUT2D eigenvalue weighted by atomic mass is 9.95. The minimum atomic E-state index is -1.12. The second-order valence-electron chi connectivity index (χ2n) is 7.33. The van der Waals surface area contributed by atoms with E-state index < -0.39 is 28.4 Å². The van der Waals surface area contributed by atoms with Crippen LogP contribution >= 0.6 is 0 Å². The minimum absolute atomic E-state index is 0.174. The van der Waals surface area contributed by atoms with Crippen LogP contribution in [0.4, 0.5) is 11.5 Å². The highest BCUT2D eigenvalue weighted by atomic mass is 16.6.